The van der Waals surface area contributed by atoms with Gasteiger partial charge in [0.15, 0.2) is 11.4 Å². The number of amides is 3. The average Bonchev–Trinajstić information content (AvgIpc) is 3.73. The molecule has 2 aliphatic heterocycles. The number of nitrogens with one attached hydrogen (secondary N) is 1. The van der Waals surface area contributed by atoms with Crippen LogP contribution in [0.3, 0.4) is 0 Å². The molecule has 2 fully saturated rings. The Labute approximate surface area is 311 Å². The Bertz CT molecular complexity index is 2040. The number of ether oxygens (including phenoxy) is 3. The lowest BCUT2D eigenvalue weighted by molar-refractivity contribution is -0.245. The Morgan fingerprint density at radius 2 is 1.66 bits per heavy atom. The van der Waals surface area contributed by atoms with Crippen LogP contribution in [0.4, 0.5) is 4.79 Å². The molecule has 272 valence electrons. The molecule has 0 spiro atoms. The molecule has 2 N–H and O–H groups in total. The van der Waals surface area contributed by atoms with Gasteiger partial charge >= 0.3 is 6.09 Å². The second kappa shape index (κ2) is 16.6. The second-order valence-electron chi connectivity index (χ2n) is 12.9. The molecule has 5 aromatic rings. The molecule has 3 amide bonds. The zero-order chi connectivity index (χ0) is 36.7. The second-order valence-corrected chi connectivity index (χ2v) is 13.9. The fraction of sp³-hybridized carbons (Fsp3) is 0.275. The standard InChI is InChI=1S/C40H39N5O7S/c1-44-25-41-43-39(44)53-24-32-19-35(29-13-11-26(22-46)12-14-29)52-38(51-32)30-17-15-28(16-18-30)33-10-6-5-9-31(33)21-45-36(47)20-34(37(45)48)42-40(49)50-23-27-7-3-2-4-8-27/h2-18,25,32,34-35,38,46H,19-24H2,1H3,(H,42,49)/t32-,34?,35+,38+/m0/s1. The maximum Gasteiger partial charge on any atom is 0.408 e. The van der Waals surface area contributed by atoms with Crippen LogP contribution in [-0.4, -0.2) is 60.6 Å². The Morgan fingerprint density at radius 3 is 2.40 bits per heavy atom. The van der Waals surface area contributed by atoms with Crippen molar-refractivity contribution in [2.24, 2.45) is 7.05 Å². The van der Waals surface area contributed by atoms with Gasteiger partial charge in [0.1, 0.15) is 19.0 Å². The lowest BCUT2D eigenvalue weighted by Gasteiger charge is -2.36. The molecule has 4 aromatic carbocycles. The molecular weight excluding hydrogens is 695 g/mol. The van der Waals surface area contributed by atoms with Gasteiger partial charge in [-0.3, -0.25) is 14.5 Å². The molecule has 13 heteroatoms. The third-order valence-electron chi connectivity index (χ3n) is 9.27. The van der Waals surface area contributed by atoms with Crippen molar-refractivity contribution in [3.05, 3.63) is 137 Å². The van der Waals surface area contributed by atoms with E-state index in [0.29, 0.717) is 12.2 Å². The molecule has 0 radical (unpaired) electrons. The van der Waals surface area contributed by atoms with Crippen molar-refractivity contribution < 1.29 is 33.7 Å². The van der Waals surface area contributed by atoms with Crippen LogP contribution in [0.15, 0.2) is 115 Å². The van der Waals surface area contributed by atoms with Gasteiger partial charge in [0.2, 0.25) is 5.91 Å². The largest absolute Gasteiger partial charge is 0.445 e. The number of carbonyl (C=O) groups is 3. The number of nitrogens with zero attached hydrogens (tertiary/aromatic N) is 4. The molecule has 2 aliphatic rings. The number of hydrogen-bond acceptors (Lipinski definition) is 10. The van der Waals surface area contributed by atoms with E-state index in [2.05, 4.69) is 15.5 Å². The Hall–Kier alpha value is -5.34. The zero-order valence-corrected chi connectivity index (χ0v) is 29.9. The predicted molar refractivity (Wildman–Crippen MR) is 196 cm³/mol. The summed E-state index contributed by atoms with van der Waals surface area (Å²) in [5.74, 6) is -0.189. The first-order valence-corrected chi connectivity index (χ1v) is 18.3. The number of aromatic nitrogens is 3. The predicted octanol–water partition coefficient (Wildman–Crippen LogP) is 5.87. The lowest BCUT2D eigenvalue weighted by atomic mass is 9.97. The highest BCUT2D eigenvalue weighted by Gasteiger charge is 2.40. The molecule has 4 atom stereocenters. The molecular formula is C40H39N5O7S. The highest BCUT2D eigenvalue weighted by atomic mass is 32.2. The maximum absolute atomic E-state index is 13.3. The van der Waals surface area contributed by atoms with Gasteiger partial charge in [-0.1, -0.05) is 115 Å². The summed E-state index contributed by atoms with van der Waals surface area (Å²) in [6.45, 7) is 0.0846. The van der Waals surface area contributed by atoms with Crippen LogP contribution in [0.2, 0.25) is 0 Å². The van der Waals surface area contributed by atoms with Crippen LogP contribution in [-0.2, 0) is 50.6 Å². The van der Waals surface area contributed by atoms with Crippen LogP contribution < -0.4 is 5.32 Å². The molecule has 0 saturated carbocycles. The summed E-state index contributed by atoms with van der Waals surface area (Å²) in [6, 6.07) is 31.5. The summed E-state index contributed by atoms with van der Waals surface area (Å²) in [5.41, 5.74) is 6.03. The lowest BCUT2D eigenvalue weighted by Crippen LogP contribution is -2.41. The first-order valence-electron chi connectivity index (χ1n) is 17.3. The summed E-state index contributed by atoms with van der Waals surface area (Å²) >= 11 is 1.58. The molecule has 0 bridgehead atoms. The fourth-order valence-electron chi connectivity index (χ4n) is 6.39. The fourth-order valence-corrected chi connectivity index (χ4v) is 7.30. The quantitative estimate of drug-likeness (QED) is 0.118. The van der Waals surface area contributed by atoms with Crippen LogP contribution in [0.5, 0.6) is 0 Å². The molecule has 1 unspecified atom stereocenters. The van der Waals surface area contributed by atoms with Gasteiger partial charge in [-0.2, -0.15) is 0 Å². The number of aliphatic hydroxyl groups is 1. The minimum atomic E-state index is -0.994. The number of rotatable bonds is 12. The summed E-state index contributed by atoms with van der Waals surface area (Å²) < 4.78 is 20.2. The number of hydrogen-bond donors (Lipinski definition) is 2. The van der Waals surface area contributed by atoms with E-state index >= 15 is 0 Å². The highest BCUT2D eigenvalue weighted by molar-refractivity contribution is 7.99. The van der Waals surface area contributed by atoms with E-state index < -0.39 is 24.3 Å². The van der Waals surface area contributed by atoms with E-state index in [1.54, 1.807) is 18.1 Å². The third-order valence-corrected chi connectivity index (χ3v) is 10.4. The normalized spacial score (nSPS) is 20.1. The zero-order valence-electron chi connectivity index (χ0n) is 29.0. The number of likely N-dealkylation sites (tertiary alicyclic amines) is 1. The van der Waals surface area contributed by atoms with Gasteiger partial charge in [0.25, 0.3) is 5.91 Å². The van der Waals surface area contributed by atoms with Gasteiger partial charge < -0.3 is 29.2 Å². The number of aryl methyl sites for hydroxylation is 1. The number of aliphatic hydroxyl groups excluding tert-OH is 1. The van der Waals surface area contributed by atoms with Crippen molar-refractivity contribution in [1.29, 1.82) is 0 Å². The first-order chi connectivity index (χ1) is 25.8. The van der Waals surface area contributed by atoms with Gasteiger partial charge in [-0.25, -0.2) is 4.79 Å². The summed E-state index contributed by atoms with van der Waals surface area (Å²) in [5, 5.41) is 21.1. The number of thioether (sulfide) groups is 1. The van der Waals surface area contributed by atoms with Crippen molar-refractivity contribution in [2.45, 2.75) is 62.3 Å². The van der Waals surface area contributed by atoms with Crippen LogP contribution >= 0.6 is 11.8 Å². The molecule has 53 heavy (non-hydrogen) atoms. The van der Waals surface area contributed by atoms with E-state index in [-0.39, 0.29) is 44.3 Å². The van der Waals surface area contributed by atoms with E-state index in [9.17, 15) is 19.5 Å². The third kappa shape index (κ3) is 8.66. The molecule has 3 heterocycles. The molecule has 12 nitrogen and oxygen atoms in total. The van der Waals surface area contributed by atoms with Gasteiger partial charge in [-0.15, -0.1) is 10.2 Å². The average molecular weight is 734 g/mol. The first kappa shape index (κ1) is 36.0. The van der Waals surface area contributed by atoms with Crippen LogP contribution in [0, 0.1) is 0 Å². The number of carbonyl (C=O) groups excluding carboxylic acids is 3. The smallest absolute Gasteiger partial charge is 0.408 e. The molecule has 1 aromatic heterocycles. The molecule has 7 rings (SSSR count). The van der Waals surface area contributed by atoms with E-state index in [1.165, 1.54) is 4.90 Å². The molecule has 2 saturated heterocycles. The van der Waals surface area contributed by atoms with Crippen molar-refractivity contribution in [1.82, 2.24) is 25.0 Å². The van der Waals surface area contributed by atoms with Crippen LogP contribution in [0.25, 0.3) is 11.1 Å². The van der Waals surface area contributed by atoms with E-state index in [0.717, 1.165) is 44.1 Å². The Kier molecular flexibility index (Phi) is 11.3. The summed E-state index contributed by atoms with van der Waals surface area (Å²) in [4.78, 5) is 39.9. The van der Waals surface area contributed by atoms with Gasteiger partial charge in [0.05, 0.1) is 31.8 Å². The Balaban J connectivity index is 1.03. The van der Waals surface area contributed by atoms with Crippen molar-refractivity contribution in [3.63, 3.8) is 0 Å². The van der Waals surface area contributed by atoms with Gasteiger partial charge in [-0.05, 0) is 33.4 Å². The summed E-state index contributed by atoms with van der Waals surface area (Å²) in [6.07, 6.45) is 0.415. The maximum atomic E-state index is 13.3. The number of benzene rings is 4. The Morgan fingerprint density at radius 1 is 0.925 bits per heavy atom. The molecule has 0 aliphatic carbocycles. The SMILES string of the molecule is Cn1cnnc1SC[C@@H]1C[C@H](c2ccc(CO)cc2)O[C@H](c2ccc(-c3ccccc3CN3C(=O)CC(NC(=O)OCc4ccccc4)C3=O)cc2)O1. The van der Waals surface area contributed by atoms with Crippen molar-refractivity contribution in [2.75, 3.05) is 5.75 Å². The topological polar surface area (TPSA) is 145 Å². The monoisotopic (exact) mass is 733 g/mol. The number of imide groups is 1. The minimum absolute atomic E-state index is 0.0294. The van der Waals surface area contributed by atoms with Crippen LogP contribution in [0.1, 0.15) is 53.1 Å². The highest BCUT2D eigenvalue weighted by Crippen LogP contribution is 2.40. The van der Waals surface area contributed by atoms with Gasteiger partial charge in [0, 0.05) is 24.8 Å². The summed E-state index contributed by atoms with van der Waals surface area (Å²) in [7, 11) is 1.91. The van der Waals surface area contributed by atoms with E-state index in [1.807, 2.05) is 115 Å². The number of alkyl carbamates (subject to hydrolysis) is 1. The van der Waals surface area contributed by atoms with Crippen molar-refractivity contribution >= 4 is 29.7 Å². The van der Waals surface area contributed by atoms with Crippen molar-refractivity contribution in [3.8, 4) is 11.1 Å². The van der Waals surface area contributed by atoms with E-state index in [4.69, 9.17) is 14.2 Å². The minimum Gasteiger partial charge on any atom is -0.445 e.